The fourth-order valence-corrected chi connectivity index (χ4v) is 1.30. The molecule has 4 heteroatoms. The van der Waals surface area contributed by atoms with Gasteiger partial charge in [-0.15, -0.1) is 0 Å². The predicted molar refractivity (Wildman–Crippen MR) is 50.0 cm³/mol. The first kappa shape index (κ1) is 8.62. The summed E-state index contributed by atoms with van der Waals surface area (Å²) in [6.45, 7) is 0. The number of hydrogen-bond acceptors (Lipinski definition) is 2. The lowest BCUT2D eigenvalue weighted by Crippen LogP contribution is -2.01. The lowest BCUT2D eigenvalue weighted by Gasteiger charge is -1.97. The number of H-pyrrole nitrogens is 1. The zero-order valence-corrected chi connectivity index (χ0v) is 7.08. The molecule has 0 aliphatic heterocycles. The molecule has 0 aliphatic carbocycles. The molecule has 0 atom stereocenters. The first-order valence-electron chi connectivity index (χ1n) is 4.00. The molecule has 0 fully saturated rings. The number of pyridine rings is 1. The zero-order valence-electron chi connectivity index (χ0n) is 7.08. The number of aromatic amines is 1. The molecule has 1 N–H and O–H groups in total. The fraction of sp³-hybridized carbons (Fsp3) is 0. The van der Waals surface area contributed by atoms with Gasteiger partial charge in [-0.2, -0.15) is 4.39 Å². The molecule has 0 aliphatic rings. The van der Waals surface area contributed by atoms with Crippen LogP contribution in [0.1, 0.15) is 10.4 Å². The molecule has 3 nitrogen and oxygen atoms in total. The van der Waals surface area contributed by atoms with Gasteiger partial charge in [0.2, 0.25) is 0 Å². The van der Waals surface area contributed by atoms with E-state index >= 15 is 0 Å². The monoisotopic (exact) mass is 191 g/mol. The quantitative estimate of drug-likeness (QED) is 0.696. The van der Waals surface area contributed by atoms with Crippen molar-refractivity contribution < 1.29 is 9.18 Å². The van der Waals surface area contributed by atoms with Crippen molar-refractivity contribution in [2.24, 2.45) is 0 Å². The van der Waals surface area contributed by atoms with Crippen molar-refractivity contribution in [1.29, 1.82) is 0 Å². The van der Waals surface area contributed by atoms with Crippen molar-refractivity contribution in [2.45, 2.75) is 0 Å². The van der Waals surface area contributed by atoms with Gasteiger partial charge in [0, 0.05) is 17.6 Å². The third-order valence-corrected chi connectivity index (χ3v) is 1.99. The fourth-order valence-electron chi connectivity index (χ4n) is 1.30. The Morgan fingerprint density at radius 1 is 1.29 bits per heavy atom. The molecule has 0 spiro atoms. The molecule has 0 unspecified atom stereocenters. The van der Waals surface area contributed by atoms with Crippen LogP contribution in [0.25, 0.3) is 10.9 Å². The van der Waals surface area contributed by atoms with Gasteiger partial charge in [-0.05, 0) is 18.2 Å². The number of rotatable bonds is 1. The van der Waals surface area contributed by atoms with Crippen LogP contribution in [0.15, 0.2) is 35.3 Å². The standard InChI is InChI=1S/C10H6FNO2/c11-10(14)6-1-2-7-8(5-6)12-4-3-9(7)13/h1-5H,(H,12,13). The number of halogens is 1. The van der Waals surface area contributed by atoms with E-state index < -0.39 is 6.04 Å². The summed E-state index contributed by atoms with van der Waals surface area (Å²) in [5, 5.41) is 0.442. The van der Waals surface area contributed by atoms with Crippen LogP contribution in [-0.4, -0.2) is 11.0 Å². The Morgan fingerprint density at radius 3 is 2.79 bits per heavy atom. The van der Waals surface area contributed by atoms with Crippen molar-refractivity contribution in [2.75, 3.05) is 0 Å². The molecular weight excluding hydrogens is 185 g/mol. The highest BCUT2D eigenvalue weighted by atomic mass is 19.1. The Morgan fingerprint density at radius 2 is 2.07 bits per heavy atom. The van der Waals surface area contributed by atoms with Gasteiger partial charge in [0.25, 0.3) is 0 Å². The van der Waals surface area contributed by atoms with Crippen LogP contribution in [0.3, 0.4) is 0 Å². The van der Waals surface area contributed by atoms with Gasteiger partial charge in [-0.3, -0.25) is 9.59 Å². The molecule has 1 heterocycles. The van der Waals surface area contributed by atoms with Gasteiger partial charge >= 0.3 is 6.04 Å². The normalized spacial score (nSPS) is 10.4. The number of nitrogens with one attached hydrogen (secondary N) is 1. The minimum atomic E-state index is -1.50. The second-order valence-corrected chi connectivity index (χ2v) is 2.88. The summed E-state index contributed by atoms with van der Waals surface area (Å²) in [5.41, 5.74) is 0.247. The van der Waals surface area contributed by atoms with Gasteiger partial charge in [-0.1, -0.05) is 0 Å². The molecule has 14 heavy (non-hydrogen) atoms. The van der Waals surface area contributed by atoms with Crippen LogP contribution < -0.4 is 5.43 Å². The van der Waals surface area contributed by atoms with Gasteiger partial charge in [0.1, 0.15) is 0 Å². The van der Waals surface area contributed by atoms with Crippen LogP contribution in [0, 0.1) is 0 Å². The summed E-state index contributed by atoms with van der Waals surface area (Å²) in [4.78, 5) is 24.4. The van der Waals surface area contributed by atoms with Gasteiger partial charge in [0.15, 0.2) is 5.43 Å². The summed E-state index contributed by atoms with van der Waals surface area (Å²) < 4.78 is 12.3. The Hall–Kier alpha value is -1.97. The maximum atomic E-state index is 12.3. The summed E-state index contributed by atoms with van der Waals surface area (Å²) in [6, 6.07) is 3.91. The molecule has 0 saturated heterocycles. The molecule has 1 aromatic heterocycles. The van der Waals surface area contributed by atoms with Gasteiger partial charge < -0.3 is 4.98 Å². The third-order valence-electron chi connectivity index (χ3n) is 1.99. The Kier molecular flexibility index (Phi) is 1.89. The highest BCUT2D eigenvalue weighted by molar-refractivity contribution is 5.93. The van der Waals surface area contributed by atoms with E-state index in [-0.39, 0.29) is 11.0 Å². The van der Waals surface area contributed by atoms with E-state index in [9.17, 15) is 14.0 Å². The third kappa shape index (κ3) is 1.31. The van der Waals surface area contributed by atoms with E-state index in [0.717, 1.165) is 0 Å². The second-order valence-electron chi connectivity index (χ2n) is 2.88. The van der Waals surface area contributed by atoms with Crippen LogP contribution in [0.5, 0.6) is 0 Å². The maximum absolute atomic E-state index is 12.3. The van der Waals surface area contributed by atoms with Crippen molar-refractivity contribution >= 4 is 16.9 Å². The molecular formula is C10H6FNO2. The lowest BCUT2D eigenvalue weighted by molar-refractivity contribution is 0.0836. The van der Waals surface area contributed by atoms with Crippen molar-refractivity contribution in [3.8, 4) is 0 Å². The summed E-state index contributed by atoms with van der Waals surface area (Å²) >= 11 is 0. The topological polar surface area (TPSA) is 49.9 Å². The predicted octanol–water partition coefficient (Wildman–Crippen LogP) is 1.64. The second kappa shape index (κ2) is 3.06. The molecule has 0 radical (unpaired) electrons. The van der Waals surface area contributed by atoms with E-state index in [0.29, 0.717) is 10.9 Å². The van der Waals surface area contributed by atoms with E-state index in [1.54, 1.807) is 0 Å². The summed E-state index contributed by atoms with van der Waals surface area (Å²) in [5.74, 6) is 0. The SMILES string of the molecule is O=C(F)c1ccc2c(=O)cc[nH]c2c1. The molecule has 0 saturated carbocycles. The van der Waals surface area contributed by atoms with Crippen LogP contribution in [-0.2, 0) is 0 Å². The van der Waals surface area contributed by atoms with E-state index in [1.165, 1.54) is 30.5 Å². The number of hydrogen-bond donors (Lipinski definition) is 1. The number of carbonyl (C=O) groups excluding carboxylic acids is 1. The highest BCUT2D eigenvalue weighted by Crippen LogP contribution is 2.10. The number of benzene rings is 1. The Bertz CT molecular complexity index is 559. The number of fused-ring (bicyclic) bond motifs is 1. The smallest absolute Gasteiger partial charge is 0.332 e. The van der Waals surface area contributed by atoms with Crippen molar-refractivity contribution in [1.82, 2.24) is 4.98 Å². The van der Waals surface area contributed by atoms with E-state index in [4.69, 9.17) is 0 Å². The largest absolute Gasteiger partial charge is 0.361 e. The van der Waals surface area contributed by atoms with Gasteiger partial charge in [0.05, 0.1) is 11.1 Å². The highest BCUT2D eigenvalue weighted by Gasteiger charge is 2.05. The molecule has 2 aromatic rings. The lowest BCUT2D eigenvalue weighted by atomic mass is 10.1. The average Bonchev–Trinajstić information content (AvgIpc) is 2.17. The number of carbonyl (C=O) groups is 1. The van der Waals surface area contributed by atoms with Gasteiger partial charge in [-0.25, -0.2) is 0 Å². The molecule has 0 amide bonds. The van der Waals surface area contributed by atoms with Crippen LogP contribution >= 0.6 is 0 Å². The van der Waals surface area contributed by atoms with Crippen molar-refractivity contribution in [3.05, 3.63) is 46.2 Å². The minimum Gasteiger partial charge on any atom is -0.361 e. The zero-order chi connectivity index (χ0) is 10.1. The summed E-state index contributed by atoms with van der Waals surface area (Å²) in [6.07, 6.45) is 1.46. The minimum absolute atomic E-state index is 0.0562. The first-order chi connectivity index (χ1) is 6.68. The summed E-state index contributed by atoms with van der Waals surface area (Å²) in [7, 11) is 0. The number of aromatic nitrogens is 1. The average molecular weight is 191 g/mol. The molecule has 0 bridgehead atoms. The maximum Gasteiger partial charge on any atom is 0.332 e. The Balaban J connectivity index is 2.80. The van der Waals surface area contributed by atoms with Crippen LogP contribution in [0.2, 0.25) is 0 Å². The first-order valence-corrected chi connectivity index (χ1v) is 4.00. The molecule has 1 aromatic carbocycles. The molecule has 2 rings (SSSR count). The Labute approximate surface area is 78.2 Å². The van der Waals surface area contributed by atoms with Crippen LogP contribution in [0.4, 0.5) is 4.39 Å². The van der Waals surface area contributed by atoms with Crippen molar-refractivity contribution in [3.63, 3.8) is 0 Å². The van der Waals surface area contributed by atoms with E-state index in [2.05, 4.69) is 4.98 Å². The molecule has 70 valence electrons. The van der Waals surface area contributed by atoms with E-state index in [1.807, 2.05) is 0 Å².